The third kappa shape index (κ3) is 3.29. The Kier molecular flexibility index (Phi) is 5.03. The first kappa shape index (κ1) is 20.7. The van der Waals surface area contributed by atoms with Crippen LogP contribution in [0.5, 0.6) is 0 Å². The molecule has 0 spiro atoms. The number of carbonyl (C=O) groups excluding carboxylic acids is 1. The van der Waals surface area contributed by atoms with E-state index in [4.69, 9.17) is 0 Å². The lowest BCUT2D eigenvalue weighted by molar-refractivity contribution is 0.0699. The average Bonchev–Trinajstić information content (AvgIpc) is 3.30. The number of benzene rings is 2. The number of carbonyl (C=O) groups is 1. The molecule has 0 saturated carbocycles. The molecule has 0 atom stereocenters. The maximum absolute atomic E-state index is 13.2. The Labute approximate surface area is 187 Å². The summed E-state index contributed by atoms with van der Waals surface area (Å²) in [4.78, 5) is 27.3. The van der Waals surface area contributed by atoms with Crippen LogP contribution >= 0.6 is 11.7 Å². The Hall–Kier alpha value is -3.15. The van der Waals surface area contributed by atoms with Gasteiger partial charge in [0.1, 0.15) is 15.9 Å². The zero-order valence-electron chi connectivity index (χ0n) is 17.1. The molecule has 9 nitrogen and oxygen atoms in total. The molecule has 1 aliphatic rings. The predicted octanol–water partition coefficient (Wildman–Crippen LogP) is 1.69. The largest absolute Gasteiger partial charge is 0.336 e. The highest BCUT2D eigenvalue weighted by Gasteiger charge is 2.32. The molecule has 0 radical (unpaired) electrons. The van der Waals surface area contributed by atoms with E-state index in [-0.39, 0.29) is 42.5 Å². The van der Waals surface area contributed by atoms with E-state index in [0.29, 0.717) is 27.5 Å². The molecule has 4 aromatic rings. The van der Waals surface area contributed by atoms with Crippen molar-refractivity contribution in [2.75, 3.05) is 26.2 Å². The highest BCUT2D eigenvalue weighted by molar-refractivity contribution is 7.89. The lowest BCUT2D eigenvalue weighted by Gasteiger charge is -2.34. The van der Waals surface area contributed by atoms with Gasteiger partial charge >= 0.3 is 0 Å². The normalized spacial score (nSPS) is 15.5. The molecule has 11 heteroatoms. The number of aromatic nitrogens is 3. The summed E-state index contributed by atoms with van der Waals surface area (Å²) in [5, 5.41) is 0.692. The predicted molar refractivity (Wildman–Crippen MR) is 121 cm³/mol. The van der Waals surface area contributed by atoms with Crippen LogP contribution in [-0.4, -0.2) is 63.0 Å². The van der Waals surface area contributed by atoms with Crippen LogP contribution in [0, 0.1) is 0 Å². The third-order valence-electron chi connectivity index (χ3n) is 5.78. The molecule has 164 valence electrons. The van der Waals surface area contributed by atoms with Gasteiger partial charge in [0.15, 0.2) is 0 Å². The van der Waals surface area contributed by atoms with Crippen LogP contribution in [0.15, 0.2) is 58.2 Å². The van der Waals surface area contributed by atoms with Crippen molar-refractivity contribution in [2.45, 2.75) is 4.90 Å². The summed E-state index contributed by atoms with van der Waals surface area (Å²) < 4.78 is 37.6. The molecule has 2 aromatic carbocycles. The molecule has 32 heavy (non-hydrogen) atoms. The summed E-state index contributed by atoms with van der Waals surface area (Å²) in [6, 6.07) is 13.5. The Morgan fingerprint density at radius 1 is 1.00 bits per heavy atom. The maximum atomic E-state index is 13.2. The molecule has 1 aliphatic heterocycles. The number of nitrogens with zero attached hydrogens (tertiary/aromatic N) is 5. The van der Waals surface area contributed by atoms with Crippen molar-refractivity contribution in [3.63, 3.8) is 0 Å². The summed E-state index contributed by atoms with van der Waals surface area (Å²) in [6.07, 6.45) is 0. The minimum atomic E-state index is -3.77. The molecular weight excluding hydrogens is 450 g/mol. The van der Waals surface area contributed by atoms with Crippen molar-refractivity contribution >= 4 is 49.6 Å². The van der Waals surface area contributed by atoms with Crippen LogP contribution in [-0.2, 0) is 17.1 Å². The number of fused-ring (bicyclic) bond motifs is 2. The molecule has 1 amide bonds. The van der Waals surface area contributed by atoms with Gasteiger partial charge in [0.2, 0.25) is 10.0 Å². The van der Waals surface area contributed by atoms with Gasteiger partial charge in [0.25, 0.3) is 11.5 Å². The summed E-state index contributed by atoms with van der Waals surface area (Å²) in [6.45, 7) is 0.773. The first-order valence-corrected chi connectivity index (χ1v) is 12.1. The number of hydrogen-bond donors (Lipinski definition) is 0. The van der Waals surface area contributed by atoms with E-state index < -0.39 is 10.0 Å². The Balaban J connectivity index is 1.40. The lowest BCUT2D eigenvalue weighted by atomic mass is 10.1. The van der Waals surface area contributed by atoms with Crippen LogP contribution in [0.1, 0.15) is 10.4 Å². The number of piperazine rings is 1. The summed E-state index contributed by atoms with van der Waals surface area (Å²) in [5.41, 5.74) is 1.65. The molecular formula is C21H19N5O4S2. The zero-order chi connectivity index (χ0) is 22.5. The smallest absolute Gasteiger partial charge is 0.254 e. The molecule has 0 unspecified atom stereocenters. The zero-order valence-corrected chi connectivity index (χ0v) is 18.8. The molecule has 5 rings (SSSR count). The van der Waals surface area contributed by atoms with Gasteiger partial charge in [0, 0.05) is 44.7 Å². The molecule has 1 fully saturated rings. The third-order valence-corrected chi connectivity index (χ3v) is 8.25. The molecule has 0 bridgehead atoms. The first-order valence-electron chi connectivity index (χ1n) is 9.97. The number of hydrogen-bond acceptors (Lipinski definition) is 7. The minimum Gasteiger partial charge on any atom is -0.336 e. The number of para-hydroxylation sites is 1. The van der Waals surface area contributed by atoms with E-state index in [2.05, 4.69) is 8.75 Å². The van der Waals surface area contributed by atoms with Crippen LogP contribution in [0.2, 0.25) is 0 Å². The van der Waals surface area contributed by atoms with Gasteiger partial charge in [-0.3, -0.25) is 9.59 Å². The molecule has 3 heterocycles. The van der Waals surface area contributed by atoms with Crippen LogP contribution in [0.4, 0.5) is 0 Å². The van der Waals surface area contributed by atoms with E-state index in [1.54, 1.807) is 30.1 Å². The fourth-order valence-corrected chi connectivity index (χ4v) is 6.19. The van der Waals surface area contributed by atoms with Crippen molar-refractivity contribution < 1.29 is 13.2 Å². The lowest BCUT2D eigenvalue weighted by Crippen LogP contribution is -2.50. The number of aryl methyl sites for hydroxylation is 1. The van der Waals surface area contributed by atoms with Crippen LogP contribution in [0.25, 0.3) is 21.9 Å². The molecule has 2 aromatic heterocycles. The van der Waals surface area contributed by atoms with Gasteiger partial charge in [-0.05, 0) is 18.2 Å². The number of pyridine rings is 1. The monoisotopic (exact) mass is 469 g/mol. The van der Waals surface area contributed by atoms with E-state index >= 15 is 0 Å². The minimum absolute atomic E-state index is 0.126. The standard InChI is InChI=1S/C21H19N5O4S2/c1-24-17-7-3-2-5-14(17)15(13-19(24)27)21(28)25-9-11-26(12-10-25)32(29,30)18-8-4-6-16-20(18)23-31-22-16/h2-8,13H,9-12H2,1H3. The van der Waals surface area contributed by atoms with Gasteiger partial charge in [-0.2, -0.15) is 13.1 Å². The summed E-state index contributed by atoms with van der Waals surface area (Å²) >= 11 is 0.972. The Bertz CT molecular complexity index is 1520. The fraction of sp³-hybridized carbons (Fsp3) is 0.238. The Morgan fingerprint density at radius 3 is 2.53 bits per heavy atom. The van der Waals surface area contributed by atoms with E-state index in [1.165, 1.54) is 21.0 Å². The maximum Gasteiger partial charge on any atom is 0.254 e. The highest BCUT2D eigenvalue weighted by Crippen LogP contribution is 2.26. The fourth-order valence-electron chi connectivity index (χ4n) is 4.02. The average molecular weight is 470 g/mol. The second-order valence-corrected chi connectivity index (χ2v) is 9.99. The number of amides is 1. The van der Waals surface area contributed by atoms with Gasteiger partial charge in [0.05, 0.1) is 22.8 Å². The van der Waals surface area contributed by atoms with Crippen molar-refractivity contribution in [3.05, 3.63) is 64.4 Å². The van der Waals surface area contributed by atoms with Gasteiger partial charge < -0.3 is 9.47 Å². The first-order chi connectivity index (χ1) is 15.4. The second-order valence-electron chi connectivity index (χ2n) is 7.56. The van der Waals surface area contributed by atoms with Crippen LogP contribution in [0.3, 0.4) is 0 Å². The van der Waals surface area contributed by atoms with Crippen LogP contribution < -0.4 is 5.56 Å². The van der Waals surface area contributed by atoms with Gasteiger partial charge in [-0.25, -0.2) is 8.42 Å². The van der Waals surface area contributed by atoms with Crippen molar-refractivity contribution in [1.29, 1.82) is 0 Å². The summed E-state index contributed by atoms with van der Waals surface area (Å²) in [7, 11) is -2.11. The van der Waals surface area contributed by atoms with Crippen molar-refractivity contribution in [2.24, 2.45) is 7.05 Å². The SMILES string of the molecule is Cn1c(=O)cc(C(=O)N2CCN(S(=O)(=O)c3cccc4nsnc34)CC2)c2ccccc21. The molecule has 0 aliphatic carbocycles. The van der Waals surface area contributed by atoms with Gasteiger partial charge in [-0.15, -0.1) is 0 Å². The van der Waals surface area contributed by atoms with E-state index in [1.807, 2.05) is 18.2 Å². The topological polar surface area (TPSA) is 105 Å². The van der Waals surface area contributed by atoms with E-state index in [9.17, 15) is 18.0 Å². The van der Waals surface area contributed by atoms with Crippen molar-refractivity contribution in [1.82, 2.24) is 22.5 Å². The molecule has 0 N–H and O–H groups in total. The highest BCUT2D eigenvalue weighted by atomic mass is 32.2. The number of rotatable bonds is 3. The second kappa shape index (κ2) is 7.76. The Morgan fingerprint density at radius 2 is 1.75 bits per heavy atom. The van der Waals surface area contributed by atoms with Gasteiger partial charge in [-0.1, -0.05) is 24.3 Å². The molecule has 1 saturated heterocycles. The number of sulfonamides is 1. The quantitative estimate of drug-likeness (QED) is 0.452. The summed E-state index contributed by atoms with van der Waals surface area (Å²) in [5.74, 6) is -0.276. The van der Waals surface area contributed by atoms with E-state index in [0.717, 1.165) is 11.7 Å². The van der Waals surface area contributed by atoms with Crippen molar-refractivity contribution in [3.8, 4) is 0 Å².